The third kappa shape index (κ3) is 2.24. The van der Waals surface area contributed by atoms with Gasteiger partial charge in [-0.05, 0) is 24.7 Å². The number of carbonyl (C=O) groups is 1. The van der Waals surface area contributed by atoms with Crippen molar-refractivity contribution in [2.45, 2.75) is 45.4 Å². The van der Waals surface area contributed by atoms with Crippen LogP contribution in [0, 0.1) is 11.3 Å². The van der Waals surface area contributed by atoms with Crippen molar-refractivity contribution in [3.05, 3.63) is 0 Å². The van der Waals surface area contributed by atoms with E-state index in [9.17, 15) is 4.79 Å². The summed E-state index contributed by atoms with van der Waals surface area (Å²) in [6.07, 6.45) is 7.97. The molecule has 2 rings (SSSR count). The van der Waals surface area contributed by atoms with Crippen LogP contribution in [0.25, 0.3) is 0 Å². The first kappa shape index (κ1) is 11.9. The molecule has 1 spiro atoms. The molecule has 0 aromatic carbocycles. The molecule has 3 nitrogen and oxygen atoms in total. The first-order chi connectivity index (χ1) is 7.67. The maximum atomic E-state index is 12.0. The summed E-state index contributed by atoms with van der Waals surface area (Å²) in [5.41, 5.74) is 6.04. The number of nitrogens with zero attached hydrogens (tertiary/aromatic N) is 1. The molecule has 1 amide bonds. The normalized spacial score (nSPS) is 26.0. The van der Waals surface area contributed by atoms with E-state index in [0.29, 0.717) is 12.0 Å². The molecule has 1 unspecified atom stereocenters. The summed E-state index contributed by atoms with van der Waals surface area (Å²) in [7, 11) is 0. The Labute approximate surface area is 98.4 Å². The zero-order valence-electron chi connectivity index (χ0n) is 10.4. The monoisotopic (exact) mass is 224 g/mol. The topological polar surface area (TPSA) is 46.3 Å². The van der Waals surface area contributed by atoms with Gasteiger partial charge in [0.05, 0.1) is 0 Å². The van der Waals surface area contributed by atoms with Crippen LogP contribution in [0.4, 0.5) is 0 Å². The zero-order valence-corrected chi connectivity index (χ0v) is 10.4. The van der Waals surface area contributed by atoms with Crippen molar-refractivity contribution in [3.63, 3.8) is 0 Å². The molecule has 0 radical (unpaired) electrons. The Hall–Kier alpha value is -0.570. The van der Waals surface area contributed by atoms with Crippen molar-refractivity contribution >= 4 is 5.91 Å². The highest BCUT2D eigenvalue weighted by atomic mass is 16.2. The SMILES string of the molecule is CC(CN)C(=O)N1CCC2(CCCCC2)C1. The Morgan fingerprint density at radius 2 is 2.00 bits per heavy atom. The molecular formula is C13H24N2O. The number of nitrogens with two attached hydrogens (primary N) is 1. The van der Waals surface area contributed by atoms with E-state index in [0.717, 1.165) is 13.1 Å². The van der Waals surface area contributed by atoms with Crippen LogP contribution >= 0.6 is 0 Å². The summed E-state index contributed by atoms with van der Waals surface area (Å²) in [5, 5.41) is 0. The summed E-state index contributed by atoms with van der Waals surface area (Å²) in [4.78, 5) is 14.1. The molecule has 3 heteroatoms. The van der Waals surface area contributed by atoms with Crippen LogP contribution < -0.4 is 5.73 Å². The van der Waals surface area contributed by atoms with Crippen molar-refractivity contribution < 1.29 is 4.79 Å². The van der Waals surface area contributed by atoms with E-state index in [1.165, 1.54) is 38.5 Å². The molecule has 0 aromatic heterocycles. The van der Waals surface area contributed by atoms with E-state index in [2.05, 4.69) is 4.90 Å². The predicted molar refractivity (Wildman–Crippen MR) is 64.9 cm³/mol. The average Bonchev–Trinajstić information content (AvgIpc) is 2.72. The smallest absolute Gasteiger partial charge is 0.226 e. The lowest BCUT2D eigenvalue weighted by atomic mass is 9.73. The molecule has 1 aliphatic carbocycles. The van der Waals surface area contributed by atoms with Gasteiger partial charge in [0.15, 0.2) is 0 Å². The Morgan fingerprint density at radius 3 is 2.62 bits per heavy atom. The highest BCUT2D eigenvalue weighted by Gasteiger charge is 2.40. The van der Waals surface area contributed by atoms with Crippen LogP contribution in [0.3, 0.4) is 0 Å². The molecule has 1 atom stereocenters. The van der Waals surface area contributed by atoms with Gasteiger partial charge in [0.1, 0.15) is 0 Å². The van der Waals surface area contributed by atoms with Gasteiger partial charge in [-0.3, -0.25) is 4.79 Å². The first-order valence-electron chi connectivity index (χ1n) is 6.66. The molecule has 0 bridgehead atoms. The Kier molecular flexibility index (Phi) is 3.53. The molecule has 2 aliphatic rings. The Balaban J connectivity index is 1.94. The van der Waals surface area contributed by atoms with Crippen LogP contribution in [0.1, 0.15) is 45.4 Å². The van der Waals surface area contributed by atoms with Gasteiger partial charge in [-0.25, -0.2) is 0 Å². The standard InChI is InChI=1S/C13H24N2O/c1-11(9-14)12(16)15-8-7-13(10-15)5-3-2-4-6-13/h11H,2-10,14H2,1H3. The molecule has 16 heavy (non-hydrogen) atoms. The second-order valence-electron chi connectivity index (χ2n) is 5.71. The molecule has 2 fully saturated rings. The average molecular weight is 224 g/mol. The van der Waals surface area contributed by atoms with Crippen LogP contribution in [-0.2, 0) is 4.79 Å². The summed E-state index contributed by atoms with van der Waals surface area (Å²) in [6, 6.07) is 0. The van der Waals surface area contributed by atoms with Gasteiger partial charge in [0.25, 0.3) is 0 Å². The van der Waals surface area contributed by atoms with Gasteiger partial charge in [-0.1, -0.05) is 26.2 Å². The lowest BCUT2D eigenvalue weighted by molar-refractivity contribution is -0.134. The van der Waals surface area contributed by atoms with E-state index in [1.54, 1.807) is 0 Å². The van der Waals surface area contributed by atoms with Crippen molar-refractivity contribution in [3.8, 4) is 0 Å². The second-order valence-corrected chi connectivity index (χ2v) is 5.71. The Bertz CT molecular complexity index is 259. The summed E-state index contributed by atoms with van der Waals surface area (Å²) >= 11 is 0. The molecule has 1 saturated carbocycles. The Morgan fingerprint density at radius 1 is 1.31 bits per heavy atom. The van der Waals surface area contributed by atoms with E-state index >= 15 is 0 Å². The van der Waals surface area contributed by atoms with Gasteiger partial charge < -0.3 is 10.6 Å². The van der Waals surface area contributed by atoms with Gasteiger partial charge in [0, 0.05) is 25.6 Å². The summed E-state index contributed by atoms with van der Waals surface area (Å²) in [6.45, 7) is 4.37. The van der Waals surface area contributed by atoms with Gasteiger partial charge in [0.2, 0.25) is 5.91 Å². The third-order valence-electron chi connectivity index (χ3n) is 4.44. The third-order valence-corrected chi connectivity index (χ3v) is 4.44. The lowest BCUT2D eigenvalue weighted by Gasteiger charge is -2.33. The van der Waals surface area contributed by atoms with Crippen molar-refractivity contribution in [1.29, 1.82) is 0 Å². The van der Waals surface area contributed by atoms with Crippen LogP contribution in [0.5, 0.6) is 0 Å². The minimum atomic E-state index is -0.00117. The zero-order chi connectivity index (χ0) is 11.6. The minimum absolute atomic E-state index is 0.00117. The van der Waals surface area contributed by atoms with E-state index in [1.807, 2.05) is 6.92 Å². The summed E-state index contributed by atoms with van der Waals surface area (Å²) < 4.78 is 0. The fourth-order valence-corrected chi connectivity index (χ4v) is 3.25. The highest BCUT2D eigenvalue weighted by Crippen LogP contribution is 2.43. The van der Waals surface area contributed by atoms with Crippen molar-refractivity contribution in [2.75, 3.05) is 19.6 Å². The first-order valence-corrected chi connectivity index (χ1v) is 6.66. The maximum Gasteiger partial charge on any atom is 0.226 e. The fraction of sp³-hybridized carbons (Fsp3) is 0.923. The van der Waals surface area contributed by atoms with Crippen molar-refractivity contribution in [1.82, 2.24) is 4.90 Å². The van der Waals surface area contributed by atoms with Crippen LogP contribution in [-0.4, -0.2) is 30.4 Å². The molecule has 2 N–H and O–H groups in total. The number of hydrogen-bond donors (Lipinski definition) is 1. The minimum Gasteiger partial charge on any atom is -0.342 e. The van der Waals surface area contributed by atoms with E-state index in [-0.39, 0.29) is 11.8 Å². The summed E-state index contributed by atoms with van der Waals surface area (Å²) in [5.74, 6) is 0.267. The van der Waals surface area contributed by atoms with Gasteiger partial charge >= 0.3 is 0 Å². The molecule has 0 aromatic rings. The molecule has 1 aliphatic heterocycles. The van der Waals surface area contributed by atoms with Crippen LogP contribution in [0.15, 0.2) is 0 Å². The quantitative estimate of drug-likeness (QED) is 0.777. The molecule has 1 heterocycles. The molecule has 1 saturated heterocycles. The van der Waals surface area contributed by atoms with Gasteiger partial charge in [-0.2, -0.15) is 0 Å². The number of likely N-dealkylation sites (tertiary alicyclic amines) is 1. The highest BCUT2D eigenvalue weighted by molar-refractivity contribution is 5.79. The van der Waals surface area contributed by atoms with E-state index < -0.39 is 0 Å². The van der Waals surface area contributed by atoms with Gasteiger partial charge in [-0.15, -0.1) is 0 Å². The number of amides is 1. The molecular weight excluding hydrogens is 200 g/mol. The van der Waals surface area contributed by atoms with Crippen molar-refractivity contribution in [2.24, 2.45) is 17.1 Å². The van der Waals surface area contributed by atoms with Crippen LogP contribution in [0.2, 0.25) is 0 Å². The second kappa shape index (κ2) is 4.74. The van der Waals surface area contributed by atoms with E-state index in [4.69, 9.17) is 5.73 Å². The predicted octanol–water partition coefficient (Wildman–Crippen LogP) is 1.76. The fourth-order valence-electron chi connectivity index (χ4n) is 3.25. The largest absolute Gasteiger partial charge is 0.342 e. The molecule has 92 valence electrons. The number of hydrogen-bond acceptors (Lipinski definition) is 2. The lowest BCUT2D eigenvalue weighted by Crippen LogP contribution is -2.38. The maximum absolute atomic E-state index is 12.0. The number of carbonyl (C=O) groups excluding carboxylic acids is 1. The number of rotatable bonds is 2.